The first kappa shape index (κ1) is 37.6. The number of aromatic amines is 1. The van der Waals surface area contributed by atoms with Gasteiger partial charge in [0.1, 0.15) is 12.1 Å². The maximum atomic E-state index is 13.6. The Morgan fingerprint density at radius 2 is 1.51 bits per heavy atom. The molecule has 0 saturated heterocycles. The van der Waals surface area contributed by atoms with Crippen molar-refractivity contribution >= 4 is 29.1 Å². The molecule has 0 aliphatic heterocycles. The largest absolute Gasteiger partial charge is 0.480 e. The number of hydrogen-bond acceptors (Lipinski definition) is 7. The molecule has 0 unspecified atom stereocenters. The molecule has 0 bridgehead atoms. The number of amides is 2. The van der Waals surface area contributed by atoms with Crippen molar-refractivity contribution < 1.29 is 19.5 Å². The fraction of sp³-hybridized carbons (Fsp3) is 0.381. The van der Waals surface area contributed by atoms with E-state index >= 15 is 0 Å². The van der Waals surface area contributed by atoms with Crippen LogP contribution in [-0.2, 0) is 27.8 Å². The Hall–Kier alpha value is -5.16. The van der Waals surface area contributed by atoms with E-state index in [0.717, 1.165) is 33.0 Å². The van der Waals surface area contributed by atoms with Crippen molar-refractivity contribution in [3.63, 3.8) is 0 Å². The predicted molar refractivity (Wildman–Crippen MR) is 208 cm³/mol. The van der Waals surface area contributed by atoms with Gasteiger partial charge in [-0.15, -0.1) is 11.3 Å². The fourth-order valence-electron chi connectivity index (χ4n) is 6.89. The van der Waals surface area contributed by atoms with Gasteiger partial charge in [-0.2, -0.15) is 0 Å². The minimum atomic E-state index is -1.23. The minimum Gasteiger partial charge on any atom is -0.480 e. The van der Waals surface area contributed by atoms with Crippen LogP contribution >= 0.6 is 11.3 Å². The van der Waals surface area contributed by atoms with Crippen molar-refractivity contribution in [2.45, 2.75) is 96.1 Å². The molecule has 1 aliphatic carbocycles. The van der Waals surface area contributed by atoms with Gasteiger partial charge in [-0.1, -0.05) is 82.6 Å². The van der Waals surface area contributed by atoms with E-state index in [1.807, 2.05) is 42.7 Å². The van der Waals surface area contributed by atoms with Crippen LogP contribution in [0.5, 0.6) is 0 Å². The summed E-state index contributed by atoms with van der Waals surface area (Å²) in [6.45, 7) is 8.51. The number of hydrogen-bond donors (Lipinski definition) is 4. The number of aromatic nitrogens is 4. The van der Waals surface area contributed by atoms with Gasteiger partial charge in [-0.25, -0.2) is 19.7 Å². The van der Waals surface area contributed by atoms with Crippen LogP contribution in [0.4, 0.5) is 0 Å². The molecule has 1 aliphatic rings. The highest BCUT2D eigenvalue weighted by atomic mass is 32.1. The second-order valence-electron chi connectivity index (χ2n) is 15.0. The van der Waals surface area contributed by atoms with Gasteiger partial charge in [0.25, 0.3) is 5.91 Å². The first-order valence-corrected chi connectivity index (χ1v) is 19.2. The van der Waals surface area contributed by atoms with Crippen LogP contribution in [0.3, 0.4) is 0 Å². The van der Waals surface area contributed by atoms with Gasteiger partial charge in [-0.3, -0.25) is 9.59 Å². The number of carbonyl (C=O) groups excluding carboxylic acids is 2. The Balaban J connectivity index is 1.14. The van der Waals surface area contributed by atoms with Gasteiger partial charge < -0.3 is 20.7 Å². The molecule has 4 N–H and O–H groups in total. The molecular formula is C42H48N6O4S. The Morgan fingerprint density at radius 1 is 0.830 bits per heavy atom. The number of imidazole rings is 1. The van der Waals surface area contributed by atoms with Gasteiger partial charge in [0, 0.05) is 47.4 Å². The van der Waals surface area contributed by atoms with Gasteiger partial charge >= 0.3 is 5.97 Å². The molecule has 2 atom stereocenters. The summed E-state index contributed by atoms with van der Waals surface area (Å²) < 4.78 is 0. The molecule has 1 fully saturated rings. The van der Waals surface area contributed by atoms with Gasteiger partial charge in [-0.05, 0) is 71.8 Å². The minimum absolute atomic E-state index is 0.0101. The summed E-state index contributed by atoms with van der Waals surface area (Å²) in [5.41, 5.74) is 5.38. The summed E-state index contributed by atoms with van der Waals surface area (Å²) >= 11 is 1.37. The third-order valence-corrected chi connectivity index (χ3v) is 11.7. The van der Waals surface area contributed by atoms with Crippen molar-refractivity contribution in [1.29, 1.82) is 0 Å². The second kappa shape index (κ2) is 16.7. The molecule has 11 heteroatoms. The maximum Gasteiger partial charge on any atom is 0.326 e. The predicted octanol–water partition coefficient (Wildman–Crippen LogP) is 7.73. The van der Waals surface area contributed by atoms with Crippen LogP contribution < -0.4 is 10.6 Å². The third kappa shape index (κ3) is 9.64. The molecule has 53 heavy (non-hydrogen) atoms. The lowest BCUT2D eigenvalue weighted by Gasteiger charge is -2.28. The normalized spacial score (nSPS) is 17.1. The lowest BCUT2D eigenvalue weighted by Crippen LogP contribution is -2.53. The van der Waals surface area contributed by atoms with Crippen LogP contribution in [0.15, 0.2) is 85.6 Å². The SMILES string of the molecule is CC[C@H]1CC[C@H](c2ccc(-c3cnc(-c4ccc(C[C@H](NC(=O)c5ccc(C(C)(C)C)s5)C(=O)N[C@H](Cc5c[nH]cn5)C(=O)O)cc4)nc3)cc2)CC1. The number of carbonyl (C=O) groups is 3. The maximum absolute atomic E-state index is 13.6. The van der Waals surface area contributed by atoms with Crippen molar-refractivity contribution in [1.82, 2.24) is 30.6 Å². The number of benzene rings is 2. The van der Waals surface area contributed by atoms with E-state index in [4.69, 9.17) is 0 Å². The van der Waals surface area contributed by atoms with Crippen LogP contribution in [0.1, 0.15) is 97.1 Å². The Bertz CT molecular complexity index is 1970. The van der Waals surface area contributed by atoms with E-state index in [1.54, 1.807) is 12.3 Å². The summed E-state index contributed by atoms with van der Waals surface area (Å²) in [5, 5.41) is 15.4. The summed E-state index contributed by atoms with van der Waals surface area (Å²) in [6.07, 6.45) is 13.3. The quantitative estimate of drug-likeness (QED) is 0.0968. The highest BCUT2D eigenvalue weighted by Crippen LogP contribution is 2.37. The molecular weight excluding hydrogens is 685 g/mol. The molecule has 3 heterocycles. The molecule has 6 rings (SSSR count). The number of rotatable bonds is 13. The van der Waals surface area contributed by atoms with Crippen molar-refractivity contribution in [2.75, 3.05) is 0 Å². The molecule has 0 spiro atoms. The third-order valence-electron chi connectivity index (χ3n) is 10.2. The molecule has 0 radical (unpaired) electrons. The van der Waals surface area contributed by atoms with E-state index in [0.29, 0.717) is 22.3 Å². The Morgan fingerprint density at radius 3 is 2.09 bits per heavy atom. The average Bonchev–Trinajstić information content (AvgIpc) is 3.88. The zero-order valence-electron chi connectivity index (χ0n) is 30.8. The van der Waals surface area contributed by atoms with Crippen LogP contribution in [0, 0.1) is 5.92 Å². The van der Waals surface area contributed by atoms with E-state index < -0.39 is 29.9 Å². The zero-order valence-corrected chi connectivity index (χ0v) is 31.6. The number of H-pyrrole nitrogens is 1. The Labute approximate surface area is 314 Å². The van der Waals surface area contributed by atoms with E-state index in [9.17, 15) is 19.5 Å². The highest BCUT2D eigenvalue weighted by molar-refractivity contribution is 7.14. The highest BCUT2D eigenvalue weighted by Gasteiger charge is 2.29. The monoisotopic (exact) mass is 732 g/mol. The van der Waals surface area contributed by atoms with Gasteiger partial charge in [0.2, 0.25) is 5.91 Å². The second-order valence-corrected chi connectivity index (χ2v) is 16.1. The van der Waals surface area contributed by atoms with E-state index in [-0.39, 0.29) is 18.3 Å². The number of nitrogens with one attached hydrogen (secondary N) is 3. The summed E-state index contributed by atoms with van der Waals surface area (Å²) in [5.74, 6) is -0.105. The average molecular weight is 733 g/mol. The molecule has 3 aromatic heterocycles. The number of carboxylic acid groups (broad SMARTS) is 1. The first-order valence-electron chi connectivity index (χ1n) is 18.4. The summed E-state index contributed by atoms with van der Waals surface area (Å²) in [6, 6.07) is 17.7. The summed E-state index contributed by atoms with van der Waals surface area (Å²) in [7, 11) is 0. The van der Waals surface area contributed by atoms with E-state index in [1.165, 1.54) is 55.3 Å². The number of thiophene rings is 1. The first-order chi connectivity index (χ1) is 25.5. The van der Waals surface area contributed by atoms with Crippen molar-refractivity contribution in [3.8, 4) is 22.5 Å². The standard InChI is InChI=1S/C42H48N6O4S/c1-5-26-6-10-28(11-7-26)29-14-16-30(17-15-29)32-22-44-38(45-23-32)31-12-8-27(9-13-31)20-34(47-40(50)36-18-19-37(53-36)42(2,3)4)39(49)48-35(41(51)52)21-33-24-43-25-46-33/h8-9,12-19,22-26,28,34-35H,5-7,10-11,20-21H2,1-4H3,(H,43,46)(H,47,50)(H,48,49)(H,51,52)/t26-,28-,34-,35+/m0/s1. The molecule has 10 nitrogen and oxygen atoms in total. The van der Waals surface area contributed by atoms with Crippen LogP contribution in [-0.4, -0.2) is 54.9 Å². The van der Waals surface area contributed by atoms with Crippen molar-refractivity contribution in [2.24, 2.45) is 5.92 Å². The molecule has 5 aromatic rings. The number of nitrogens with zero attached hydrogens (tertiary/aromatic N) is 3. The van der Waals surface area contributed by atoms with Crippen molar-refractivity contribution in [3.05, 3.63) is 112 Å². The van der Waals surface area contributed by atoms with Gasteiger partial charge in [0.15, 0.2) is 5.82 Å². The number of carboxylic acids is 1. The molecule has 2 amide bonds. The number of aliphatic carboxylic acids is 1. The van der Waals surface area contributed by atoms with E-state index in [2.05, 4.69) is 82.5 Å². The lowest BCUT2D eigenvalue weighted by atomic mass is 9.78. The Kier molecular flexibility index (Phi) is 11.8. The van der Waals surface area contributed by atoms with Crippen LogP contribution in [0.2, 0.25) is 0 Å². The lowest BCUT2D eigenvalue weighted by molar-refractivity contribution is -0.142. The molecule has 276 valence electrons. The summed E-state index contributed by atoms with van der Waals surface area (Å²) in [4.78, 5) is 56.9. The zero-order chi connectivity index (χ0) is 37.5. The van der Waals surface area contributed by atoms with Gasteiger partial charge in [0.05, 0.1) is 16.9 Å². The molecule has 1 saturated carbocycles. The fourth-order valence-corrected chi connectivity index (χ4v) is 7.86. The molecule has 2 aromatic carbocycles. The van der Waals surface area contributed by atoms with Crippen LogP contribution in [0.25, 0.3) is 22.5 Å². The smallest absolute Gasteiger partial charge is 0.326 e. The topological polar surface area (TPSA) is 150 Å².